The Kier molecular flexibility index (Phi) is 7.20. The van der Waals surface area contributed by atoms with Crippen LogP contribution < -0.4 is 16.3 Å². The van der Waals surface area contributed by atoms with Crippen molar-refractivity contribution in [2.24, 2.45) is 5.10 Å². The highest BCUT2D eigenvalue weighted by molar-refractivity contribution is 9.10. The maximum atomic E-state index is 12.8. The molecular formula is C23H19BrN6O6. The zero-order chi connectivity index (χ0) is 25.8. The van der Waals surface area contributed by atoms with Crippen molar-refractivity contribution in [3.8, 4) is 0 Å². The molecule has 3 N–H and O–H groups in total. The van der Waals surface area contributed by atoms with Crippen LogP contribution in [-0.4, -0.2) is 33.3 Å². The summed E-state index contributed by atoms with van der Waals surface area (Å²) in [6, 6.07) is 6.98. The van der Waals surface area contributed by atoms with Gasteiger partial charge in [0.2, 0.25) is 0 Å². The van der Waals surface area contributed by atoms with E-state index in [0.29, 0.717) is 51.9 Å². The van der Waals surface area contributed by atoms with Gasteiger partial charge in [-0.2, -0.15) is 5.10 Å². The molecule has 1 aromatic carbocycles. The molecule has 0 radical (unpaired) electrons. The highest BCUT2D eigenvalue weighted by Crippen LogP contribution is 2.30. The van der Waals surface area contributed by atoms with Gasteiger partial charge in [0.1, 0.15) is 11.3 Å². The number of aryl methyl sites for hydroxylation is 1. The first-order valence-electron chi connectivity index (χ1n) is 10.7. The molecule has 1 aliphatic rings. The molecule has 36 heavy (non-hydrogen) atoms. The molecule has 0 bridgehead atoms. The number of aromatic nitrogens is 1. The van der Waals surface area contributed by atoms with E-state index in [4.69, 9.17) is 4.42 Å². The molecule has 0 spiro atoms. The fraction of sp³-hybridized carbons (Fsp3) is 0.174. The van der Waals surface area contributed by atoms with E-state index in [9.17, 15) is 24.5 Å². The van der Waals surface area contributed by atoms with Crippen molar-refractivity contribution < 1.29 is 23.7 Å². The summed E-state index contributed by atoms with van der Waals surface area (Å²) >= 11 is 3.27. The minimum absolute atomic E-state index is 0.0417. The lowest BCUT2D eigenvalue weighted by Gasteiger charge is -2.13. The fourth-order valence-corrected chi connectivity index (χ4v) is 4.14. The van der Waals surface area contributed by atoms with Crippen molar-refractivity contribution in [1.82, 2.24) is 21.3 Å². The number of hydrazine groups is 1. The molecule has 184 valence electrons. The van der Waals surface area contributed by atoms with Crippen LogP contribution in [0, 0.1) is 17.0 Å². The average Bonchev–Trinajstić information content (AvgIpc) is 3.22. The van der Waals surface area contributed by atoms with E-state index in [1.807, 2.05) is 0 Å². The van der Waals surface area contributed by atoms with Crippen molar-refractivity contribution in [3.63, 3.8) is 0 Å². The lowest BCUT2D eigenvalue weighted by atomic mass is 9.93. The first-order valence-corrected chi connectivity index (χ1v) is 11.5. The van der Waals surface area contributed by atoms with Gasteiger partial charge in [-0.05, 0) is 47.8 Å². The predicted octanol–water partition coefficient (Wildman–Crippen LogP) is 3.20. The first-order chi connectivity index (χ1) is 17.3. The number of carbonyl (C=O) groups excluding carboxylic acids is 3. The Morgan fingerprint density at radius 3 is 2.61 bits per heavy atom. The smallest absolute Gasteiger partial charge is 0.305 e. The van der Waals surface area contributed by atoms with Crippen LogP contribution in [0.1, 0.15) is 61.0 Å². The predicted molar refractivity (Wildman–Crippen MR) is 130 cm³/mol. The summed E-state index contributed by atoms with van der Waals surface area (Å²) in [5, 5.41) is 15.4. The van der Waals surface area contributed by atoms with E-state index in [1.54, 1.807) is 19.2 Å². The van der Waals surface area contributed by atoms with Crippen LogP contribution in [0.25, 0.3) is 0 Å². The van der Waals surface area contributed by atoms with Gasteiger partial charge in [-0.25, -0.2) is 5.43 Å². The maximum absolute atomic E-state index is 12.8. The largest absolute Gasteiger partial charge is 0.455 e. The number of hydrogen-bond donors (Lipinski definition) is 3. The van der Waals surface area contributed by atoms with Crippen LogP contribution in [0.4, 0.5) is 5.69 Å². The Bertz CT molecular complexity index is 1420. The SMILES string of the molecule is Cc1c(C(=O)NNC(=O)c2ccccc2[N+](=O)[O-])oc2c1/C(=N/NC(=O)c1cncc(Br)c1)CCC2. The van der Waals surface area contributed by atoms with Crippen molar-refractivity contribution in [2.75, 3.05) is 0 Å². The lowest BCUT2D eigenvalue weighted by molar-refractivity contribution is -0.385. The minimum Gasteiger partial charge on any atom is -0.455 e. The molecule has 2 heterocycles. The third-order valence-corrected chi connectivity index (χ3v) is 5.86. The molecule has 4 rings (SSSR count). The number of para-hydroxylation sites is 1. The summed E-state index contributed by atoms with van der Waals surface area (Å²) in [7, 11) is 0. The van der Waals surface area contributed by atoms with Crippen LogP contribution >= 0.6 is 15.9 Å². The van der Waals surface area contributed by atoms with Crippen LogP contribution in [0.3, 0.4) is 0 Å². The first kappa shape index (κ1) is 24.7. The van der Waals surface area contributed by atoms with Gasteiger partial charge in [-0.15, -0.1) is 0 Å². The molecule has 0 fully saturated rings. The third kappa shape index (κ3) is 5.15. The summed E-state index contributed by atoms with van der Waals surface area (Å²) < 4.78 is 6.41. The van der Waals surface area contributed by atoms with Crippen LogP contribution in [0.15, 0.2) is 56.7 Å². The van der Waals surface area contributed by atoms with E-state index in [0.717, 1.165) is 0 Å². The number of nitro groups is 1. The van der Waals surface area contributed by atoms with E-state index in [-0.39, 0.29) is 11.3 Å². The molecule has 1 aliphatic carbocycles. The zero-order valence-corrected chi connectivity index (χ0v) is 20.4. The molecular weight excluding hydrogens is 536 g/mol. The molecule has 0 saturated carbocycles. The number of hydrazone groups is 1. The molecule has 12 nitrogen and oxygen atoms in total. The second-order valence-corrected chi connectivity index (χ2v) is 8.70. The van der Waals surface area contributed by atoms with Crippen molar-refractivity contribution in [1.29, 1.82) is 0 Å². The van der Waals surface area contributed by atoms with Gasteiger partial charge in [0.25, 0.3) is 17.5 Å². The Labute approximate surface area is 212 Å². The number of benzene rings is 1. The Balaban J connectivity index is 1.49. The average molecular weight is 555 g/mol. The standard InChI is InChI=1S/C23H19BrN6O6/c1-12-19-16(26-27-21(31)13-9-14(24)11-25-10-13)6-4-8-18(19)36-20(12)23(33)29-28-22(32)15-5-2-3-7-17(15)30(34)35/h2-3,5,7,9-11H,4,6,8H2,1H3,(H,27,31)(H,28,32)(H,29,33)/b26-16+. The van der Waals surface area contributed by atoms with Gasteiger partial charge in [-0.1, -0.05) is 12.1 Å². The Morgan fingerprint density at radius 1 is 1.11 bits per heavy atom. The number of rotatable bonds is 5. The molecule has 13 heteroatoms. The number of nitrogens with zero attached hydrogens (tertiary/aromatic N) is 3. The molecule has 2 aromatic heterocycles. The highest BCUT2D eigenvalue weighted by atomic mass is 79.9. The van der Waals surface area contributed by atoms with Gasteiger partial charge < -0.3 is 4.42 Å². The van der Waals surface area contributed by atoms with E-state index in [1.165, 1.54) is 30.5 Å². The molecule has 0 aliphatic heterocycles. The number of pyridine rings is 1. The number of hydrogen-bond acceptors (Lipinski definition) is 8. The third-order valence-electron chi connectivity index (χ3n) is 5.43. The number of nitrogens with one attached hydrogen (secondary N) is 3. The normalized spacial score (nSPS) is 13.6. The number of carbonyl (C=O) groups is 3. The summed E-state index contributed by atoms with van der Waals surface area (Å²) in [5.41, 5.74) is 8.29. The second kappa shape index (κ2) is 10.5. The minimum atomic E-state index is -0.850. The van der Waals surface area contributed by atoms with E-state index < -0.39 is 28.3 Å². The van der Waals surface area contributed by atoms with Gasteiger partial charge in [0, 0.05) is 40.5 Å². The molecule has 3 amide bonds. The van der Waals surface area contributed by atoms with Crippen LogP contribution in [0.5, 0.6) is 0 Å². The molecule has 0 unspecified atom stereocenters. The molecule has 3 aromatic rings. The van der Waals surface area contributed by atoms with Gasteiger partial charge >= 0.3 is 5.91 Å². The maximum Gasteiger partial charge on any atom is 0.305 e. The number of halogens is 1. The lowest BCUT2D eigenvalue weighted by Crippen LogP contribution is -2.42. The number of fused-ring (bicyclic) bond motifs is 1. The van der Waals surface area contributed by atoms with Gasteiger partial charge in [0.05, 0.1) is 16.2 Å². The molecule has 0 atom stereocenters. The van der Waals surface area contributed by atoms with Crippen LogP contribution in [-0.2, 0) is 6.42 Å². The van der Waals surface area contributed by atoms with E-state index in [2.05, 4.69) is 42.3 Å². The van der Waals surface area contributed by atoms with Crippen molar-refractivity contribution in [3.05, 3.63) is 91.1 Å². The summed E-state index contributed by atoms with van der Waals surface area (Å²) in [5.74, 6) is -1.54. The van der Waals surface area contributed by atoms with Crippen molar-refractivity contribution in [2.45, 2.75) is 26.2 Å². The summed E-state index contributed by atoms with van der Waals surface area (Å²) in [4.78, 5) is 52.0. The highest BCUT2D eigenvalue weighted by Gasteiger charge is 2.29. The van der Waals surface area contributed by atoms with Gasteiger partial charge in [-0.3, -0.25) is 40.3 Å². The Morgan fingerprint density at radius 2 is 1.86 bits per heavy atom. The summed E-state index contributed by atoms with van der Waals surface area (Å²) in [6.45, 7) is 1.67. The second-order valence-electron chi connectivity index (χ2n) is 7.78. The number of furan rings is 1. The Hall–Kier alpha value is -4.39. The number of amides is 3. The van der Waals surface area contributed by atoms with Gasteiger partial charge in [0.15, 0.2) is 5.76 Å². The fourth-order valence-electron chi connectivity index (χ4n) is 3.78. The monoisotopic (exact) mass is 554 g/mol. The molecule has 0 saturated heterocycles. The quantitative estimate of drug-likeness (QED) is 0.321. The van der Waals surface area contributed by atoms with Crippen molar-refractivity contribution >= 4 is 45.1 Å². The summed E-state index contributed by atoms with van der Waals surface area (Å²) in [6.07, 6.45) is 4.79. The van der Waals surface area contributed by atoms with Crippen LogP contribution in [0.2, 0.25) is 0 Å². The topological polar surface area (TPSA) is 169 Å². The van der Waals surface area contributed by atoms with E-state index >= 15 is 0 Å². The zero-order valence-electron chi connectivity index (χ0n) is 18.8. The number of nitro benzene ring substituents is 1.